The minimum atomic E-state index is -4.45. The van der Waals surface area contributed by atoms with Crippen molar-refractivity contribution in [2.24, 2.45) is 23.7 Å². The molecule has 9 nitrogen and oxygen atoms in total. The quantitative estimate of drug-likeness (QED) is 0.147. The first-order chi connectivity index (χ1) is 18.9. The van der Waals surface area contributed by atoms with Gasteiger partial charge in [-0.3, -0.25) is 14.1 Å². The first kappa shape index (κ1) is 29.0. The van der Waals surface area contributed by atoms with Crippen LogP contribution in [0.5, 0.6) is 5.75 Å². The van der Waals surface area contributed by atoms with Crippen LogP contribution in [0.15, 0.2) is 23.1 Å². The third-order valence-corrected chi connectivity index (χ3v) is 13.1. The van der Waals surface area contributed by atoms with Crippen molar-refractivity contribution >= 4 is 95.8 Å². The number of hydrogen-bond acceptors (Lipinski definition) is 8. The minimum Gasteiger partial charge on any atom is -0.458 e. The molecule has 0 radical (unpaired) electrons. The fourth-order valence-electron chi connectivity index (χ4n) is 6.92. The van der Waals surface area contributed by atoms with Crippen molar-refractivity contribution in [1.82, 2.24) is 0 Å². The van der Waals surface area contributed by atoms with Crippen LogP contribution < -0.4 is 4.74 Å². The molecule has 2 saturated carbocycles. The van der Waals surface area contributed by atoms with Gasteiger partial charge >= 0.3 is 17.9 Å². The lowest BCUT2D eigenvalue weighted by Crippen LogP contribution is -2.44. The molecule has 212 valence electrons. The zero-order valence-electron chi connectivity index (χ0n) is 21.0. The Hall–Kier alpha value is -1.05. The van der Waals surface area contributed by atoms with Gasteiger partial charge in [-0.15, -0.1) is 0 Å². The molecule has 3 aliphatic carbocycles. The van der Waals surface area contributed by atoms with Crippen LogP contribution in [0.4, 0.5) is 0 Å². The molecule has 0 spiro atoms. The second kappa shape index (κ2) is 10.6. The lowest BCUT2D eigenvalue weighted by Gasteiger charge is -2.31. The van der Waals surface area contributed by atoms with Gasteiger partial charge < -0.3 is 14.2 Å². The van der Waals surface area contributed by atoms with Gasteiger partial charge in [0.15, 0.2) is 0 Å². The van der Waals surface area contributed by atoms with E-state index in [2.05, 4.69) is 67.8 Å². The van der Waals surface area contributed by atoms with Crippen molar-refractivity contribution in [1.29, 1.82) is 0 Å². The molecule has 1 N–H and O–H groups in total. The van der Waals surface area contributed by atoms with E-state index in [0.717, 1.165) is 23.6 Å². The number of fused-ring (bicyclic) bond motifs is 2. The fourth-order valence-corrected chi connectivity index (χ4v) is 10.2. The summed E-state index contributed by atoms with van der Waals surface area (Å²) in [5.41, 5.74) is 1.88. The first-order valence-corrected chi connectivity index (χ1v) is 17.4. The van der Waals surface area contributed by atoms with Crippen molar-refractivity contribution in [2.75, 3.05) is 0 Å². The molecular weight excluding hydrogens is 881 g/mol. The normalized spacial score (nSPS) is 28.3. The molecule has 6 unspecified atom stereocenters. The summed E-state index contributed by atoms with van der Waals surface area (Å²) >= 11 is 6.40. The molecular formula is C27H23I3O9S. The number of benzene rings is 2. The van der Waals surface area contributed by atoms with Crippen LogP contribution in [0.2, 0.25) is 0 Å². The molecule has 2 aromatic rings. The molecule has 0 aromatic heterocycles. The minimum absolute atomic E-state index is 0.159. The number of rotatable bonds is 5. The van der Waals surface area contributed by atoms with Gasteiger partial charge in [0, 0.05) is 22.5 Å². The Balaban J connectivity index is 1.30. The van der Waals surface area contributed by atoms with Crippen molar-refractivity contribution < 1.29 is 41.6 Å². The van der Waals surface area contributed by atoms with Crippen LogP contribution in [0, 0.1) is 41.3 Å². The number of halogens is 3. The molecule has 1 heterocycles. The molecule has 0 amide bonds. The smallest absolute Gasteiger partial charge is 0.339 e. The van der Waals surface area contributed by atoms with Gasteiger partial charge in [0.05, 0.1) is 22.3 Å². The molecule has 6 atom stereocenters. The molecule has 2 bridgehead atoms. The van der Waals surface area contributed by atoms with Crippen LogP contribution in [0.1, 0.15) is 46.3 Å². The highest BCUT2D eigenvalue weighted by Crippen LogP contribution is 2.59. The lowest BCUT2D eigenvalue weighted by atomic mass is 9.78. The Bertz CT molecular complexity index is 1590. The predicted octanol–water partition coefficient (Wildman–Crippen LogP) is 4.87. The number of esters is 3. The Morgan fingerprint density at radius 3 is 2.45 bits per heavy atom. The number of carbonyl (C=O) groups excluding carboxylic acids is 3. The van der Waals surface area contributed by atoms with Gasteiger partial charge in [-0.05, 0) is 142 Å². The van der Waals surface area contributed by atoms with Gasteiger partial charge in [-0.2, -0.15) is 8.42 Å². The Morgan fingerprint density at radius 1 is 1.05 bits per heavy atom. The molecule has 4 aliphatic rings. The maximum Gasteiger partial charge on any atom is 0.339 e. The summed E-state index contributed by atoms with van der Waals surface area (Å²) in [6.45, 7) is 1.63. The van der Waals surface area contributed by atoms with E-state index in [-0.39, 0.29) is 16.6 Å². The SMILES string of the molecule is Cc1cc(S(=O)(=O)O)c2c(c1OC(=O)C1C3CC4C(OC(=O)C41)C3OC(=O)c1cc(I)cc(I)c1I)CCCC2. The van der Waals surface area contributed by atoms with E-state index in [9.17, 15) is 27.4 Å². The number of ether oxygens (including phenoxy) is 3. The Labute approximate surface area is 271 Å². The van der Waals surface area contributed by atoms with E-state index in [1.807, 2.05) is 6.07 Å². The van der Waals surface area contributed by atoms with E-state index < -0.39 is 58.0 Å². The van der Waals surface area contributed by atoms with E-state index in [1.165, 1.54) is 6.07 Å². The standard InChI is InChI=1S/C27H23I3O9S/c1-10-6-18(40(34,35)36)12-4-2-3-5-13(12)22(10)37-26(32)19-14-9-15-20(19)27(33)39-24(15)23(14)38-25(31)16-7-11(28)8-17(29)21(16)30/h6-8,14-15,19-20,23-24H,2-5,9H2,1H3,(H,34,35,36). The van der Waals surface area contributed by atoms with Crippen LogP contribution in [-0.4, -0.2) is 43.1 Å². The van der Waals surface area contributed by atoms with Crippen molar-refractivity contribution in [3.05, 3.63) is 51.2 Å². The highest BCUT2D eigenvalue weighted by molar-refractivity contribution is 14.1. The Kier molecular flexibility index (Phi) is 7.69. The third kappa shape index (κ3) is 4.78. The summed E-state index contributed by atoms with van der Waals surface area (Å²) in [4.78, 5) is 39.8. The van der Waals surface area contributed by atoms with Gasteiger partial charge in [-0.25, -0.2) is 4.79 Å². The number of hydrogen-bond donors (Lipinski definition) is 1. The maximum absolute atomic E-state index is 13.8. The van der Waals surface area contributed by atoms with Crippen molar-refractivity contribution in [3.63, 3.8) is 0 Å². The number of carbonyl (C=O) groups is 3. The molecule has 3 fully saturated rings. The van der Waals surface area contributed by atoms with E-state index >= 15 is 0 Å². The van der Waals surface area contributed by atoms with Gasteiger partial charge in [0.2, 0.25) is 0 Å². The van der Waals surface area contributed by atoms with Crippen molar-refractivity contribution in [3.8, 4) is 5.75 Å². The summed E-state index contributed by atoms with van der Waals surface area (Å²) < 4.78 is 54.0. The molecule has 40 heavy (non-hydrogen) atoms. The fraction of sp³-hybridized carbons (Fsp3) is 0.444. The van der Waals surface area contributed by atoms with E-state index in [0.29, 0.717) is 41.5 Å². The molecule has 2 aromatic carbocycles. The summed E-state index contributed by atoms with van der Waals surface area (Å²) in [5.74, 6) is -3.60. The second-order valence-electron chi connectivity index (χ2n) is 10.7. The van der Waals surface area contributed by atoms with Crippen LogP contribution >= 0.6 is 67.8 Å². The molecule has 1 aliphatic heterocycles. The third-order valence-electron chi connectivity index (χ3n) is 8.50. The average Bonchev–Trinajstić information content (AvgIpc) is 3.51. The van der Waals surface area contributed by atoms with E-state index in [4.69, 9.17) is 14.2 Å². The number of aryl methyl sites for hydroxylation is 1. The van der Waals surface area contributed by atoms with Crippen LogP contribution in [0.3, 0.4) is 0 Å². The first-order valence-electron chi connectivity index (χ1n) is 12.8. The predicted molar refractivity (Wildman–Crippen MR) is 166 cm³/mol. The molecule has 1 saturated heterocycles. The maximum atomic E-state index is 13.8. The second-order valence-corrected chi connectivity index (χ2v) is 15.6. The van der Waals surface area contributed by atoms with Gasteiger partial charge in [0.1, 0.15) is 18.0 Å². The van der Waals surface area contributed by atoms with Gasteiger partial charge in [-0.1, -0.05) is 0 Å². The van der Waals surface area contributed by atoms with Crippen LogP contribution in [0.25, 0.3) is 0 Å². The monoisotopic (exact) mass is 904 g/mol. The molecule has 6 rings (SSSR count). The van der Waals surface area contributed by atoms with E-state index in [1.54, 1.807) is 13.0 Å². The largest absolute Gasteiger partial charge is 0.458 e. The topological polar surface area (TPSA) is 133 Å². The van der Waals surface area contributed by atoms with Crippen molar-refractivity contribution in [2.45, 2.75) is 56.1 Å². The average molecular weight is 904 g/mol. The Morgan fingerprint density at radius 2 is 1.75 bits per heavy atom. The van der Waals surface area contributed by atoms with Crippen LogP contribution in [-0.2, 0) is 42.0 Å². The summed E-state index contributed by atoms with van der Waals surface area (Å²) in [6, 6.07) is 5.03. The molecule has 13 heteroatoms. The summed E-state index contributed by atoms with van der Waals surface area (Å²) in [5, 5.41) is 0. The van der Waals surface area contributed by atoms with Gasteiger partial charge in [0.25, 0.3) is 10.1 Å². The zero-order valence-corrected chi connectivity index (χ0v) is 28.3. The highest BCUT2D eigenvalue weighted by Gasteiger charge is 2.70. The lowest BCUT2D eigenvalue weighted by molar-refractivity contribution is -0.149. The summed E-state index contributed by atoms with van der Waals surface area (Å²) in [7, 11) is -4.45. The highest BCUT2D eigenvalue weighted by atomic mass is 127. The summed E-state index contributed by atoms with van der Waals surface area (Å²) in [6.07, 6.45) is 1.59. The zero-order chi connectivity index (χ0) is 28.7.